The van der Waals surface area contributed by atoms with Crippen LogP contribution in [0.3, 0.4) is 0 Å². The predicted octanol–water partition coefficient (Wildman–Crippen LogP) is 4.94. The van der Waals surface area contributed by atoms with Crippen LogP contribution in [0.5, 0.6) is 0 Å². The first-order chi connectivity index (χ1) is 18.3. The summed E-state index contributed by atoms with van der Waals surface area (Å²) >= 11 is 0. The van der Waals surface area contributed by atoms with Crippen molar-refractivity contribution in [1.29, 1.82) is 0 Å². The molecule has 4 fully saturated rings. The van der Waals surface area contributed by atoms with Gasteiger partial charge in [-0.25, -0.2) is 9.59 Å². The van der Waals surface area contributed by atoms with E-state index in [4.69, 9.17) is 4.42 Å². The quantitative estimate of drug-likeness (QED) is 0.532. The number of nitrogens with one attached hydrogen (secondary N) is 1. The molecule has 2 N–H and O–H groups in total. The monoisotopic (exact) mass is 523 g/mol. The third-order valence-electron chi connectivity index (χ3n) is 11.7. The molecule has 1 aliphatic heterocycles. The summed E-state index contributed by atoms with van der Waals surface area (Å²) in [4.78, 5) is 28.1. The summed E-state index contributed by atoms with van der Waals surface area (Å²) in [6, 6.07) is 3.69. The topological polar surface area (TPSA) is 86.0 Å². The molecule has 2 heterocycles. The van der Waals surface area contributed by atoms with Crippen LogP contribution in [-0.4, -0.2) is 66.3 Å². The maximum absolute atomic E-state index is 12.3. The van der Waals surface area contributed by atoms with Crippen molar-refractivity contribution in [2.75, 3.05) is 39.3 Å². The molecule has 1 aromatic rings. The minimum atomic E-state index is -0.741. The highest BCUT2D eigenvalue weighted by atomic mass is 16.4. The molecule has 0 spiro atoms. The summed E-state index contributed by atoms with van der Waals surface area (Å²) in [5, 5.41) is 13.5. The molecule has 0 radical (unpaired) electrons. The first-order valence-corrected chi connectivity index (χ1v) is 15.0. The molecule has 3 saturated carbocycles. The lowest BCUT2D eigenvalue weighted by Crippen LogP contribution is -2.55. The Morgan fingerprint density at radius 1 is 1.16 bits per heavy atom. The van der Waals surface area contributed by atoms with Crippen molar-refractivity contribution >= 4 is 6.09 Å². The average Bonchev–Trinajstić information content (AvgIpc) is 3.27. The lowest BCUT2D eigenvalue weighted by atomic mass is 9.45. The zero-order valence-corrected chi connectivity index (χ0v) is 23.2. The van der Waals surface area contributed by atoms with Gasteiger partial charge < -0.3 is 19.7 Å². The molecule has 7 nitrogen and oxygen atoms in total. The molecule has 38 heavy (non-hydrogen) atoms. The molecule has 1 aromatic heterocycles. The van der Waals surface area contributed by atoms with Crippen LogP contribution in [-0.2, 0) is 0 Å². The molecule has 1 saturated heterocycles. The van der Waals surface area contributed by atoms with Crippen LogP contribution in [0.25, 0.3) is 0 Å². The number of nitrogens with zero attached hydrogens (tertiary/aromatic N) is 2. The highest BCUT2D eigenvalue weighted by molar-refractivity contribution is 5.65. The Balaban J connectivity index is 1.14. The van der Waals surface area contributed by atoms with Gasteiger partial charge in [0.05, 0.1) is 6.26 Å². The molecule has 0 unspecified atom stereocenters. The fourth-order valence-corrected chi connectivity index (χ4v) is 9.54. The summed E-state index contributed by atoms with van der Waals surface area (Å²) in [5.74, 6) is 2.32. The van der Waals surface area contributed by atoms with Gasteiger partial charge in [-0.1, -0.05) is 25.5 Å². The van der Waals surface area contributed by atoms with Crippen molar-refractivity contribution in [1.82, 2.24) is 15.1 Å². The minimum absolute atomic E-state index is 0.144. The number of rotatable bonds is 5. The summed E-state index contributed by atoms with van der Waals surface area (Å²) in [6.07, 6.45) is 12.5. The van der Waals surface area contributed by atoms with Crippen molar-refractivity contribution in [2.45, 2.75) is 77.2 Å². The Morgan fingerprint density at radius 2 is 1.97 bits per heavy atom. The van der Waals surface area contributed by atoms with E-state index in [0.29, 0.717) is 35.6 Å². The maximum atomic E-state index is 12.3. The molecule has 0 aromatic carbocycles. The van der Waals surface area contributed by atoms with Gasteiger partial charge in [0.25, 0.3) is 0 Å². The molecule has 7 heteroatoms. The van der Waals surface area contributed by atoms with Crippen LogP contribution in [0.1, 0.15) is 76.7 Å². The summed E-state index contributed by atoms with van der Waals surface area (Å²) in [5.41, 5.74) is 2.98. The SMILES string of the molecule is C[C@]12CC[C@H](N(CCN3CCNCC3)C(=O)O)C[C@H]1CC[C@H]1C3=CC[C@H](c4ccc(=O)oc4)[C@@]3(C)CC[C@@H]12. The summed E-state index contributed by atoms with van der Waals surface area (Å²) < 4.78 is 5.26. The van der Waals surface area contributed by atoms with Crippen molar-refractivity contribution in [3.8, 4) is 0 Å². The number of hydrogen-bond acceptors (Lipinski definition) is 5. The second-order valence-electron chi connectivity index (χ2n) is 13.3. The number of allylic oxidation sites excluding steroid dienone is 2. The van der Waals surface area contributed by atoms with Crippen molar-refractivity contribution in [3.63, 3.8) is 0 Å². The summed E-state index contributed by atoms with van der Waals surface area (Å²) in [6.45, 7) is 10.5. The van der Waals surface area contributed by atoms with Crippen LogP contribution in [0, 0.1) is 28.6 Å². The Labute approximate surface area is 226 Å². The second-order valence-corrected chi connectivity index (χ2v) is 13.3. The highest BCUT2D eigenvalue weighted by Crippen LogP contribution is 2.67. The molecule has 5 aliphatic rings. The van der Waals surface area contributed by atoms with E-state index < -0.39 is 6.09 Å². The Hall–Kier alpha value is -2.12. The number of fused-ring (bicyclic) bond motifs is 5. The molecular weight excluding hydrogens is 478 g/mol. The molecule has 6 rings (SSSR count). The smallest absolute Gasteiger partial charge is 0.407 e. The first kappa shape index (κ1) is 26.1. The van der Waals surface area contributed by atoms with Crippen molar-refractivity contribution < 1.29 is 14.3 Å². The number of hydrogen-bond donors (Lipinski definition) is 2. The standard InChI is InChI=1S/C31H45N3O4/c1-30-11-9-23(34(29(36)37)18-17-33-15-13-32-14-16-33)19-22(30)4-5-24-26-7-6-25(21-3-8-28(35)38-20-21)31(26,2)12-10-27(24)30/h3,7-8,20,22-25,27,32H,4-6,9-19H2,1-2H3,(H,36,37)/t22-,23+,24+,25-,27+,30+,31-/m1/s1. The van der Waals surface area contributed by atoms with E-state index in [-0.39, 0.29) is 17.1 Å². The van der Waals surface area contributed by atoms with Gasteiger partial charge >= 0.3 is 11.7 Å². The fourth-order valence-electron chi connectivity index (χ4n) is 9.54. The van der Waals surface area contributed by atoms with Gasteiger partial charge in [-0.05, 0) is 97.5 Å². The van der Waals surface area contributed by atoms with Crippen molar-refractivity contribution in [2.24, 2.45) is 28.6 Å². The van der Waals surface area contributed by atoms with Gasteiger partial charge in [-0.2, -0.15) is 0 Å². The zero-order valence-electron chi connectivity index (χ0n) is 23.2. The van der Waals surface area contributed by atoms with Crippen LogP contribution in [0.15, 0.2) is 39.3 Å². The Kier molecular flexibility index (Phi) is 6.96. The van der Waals surface area contributed by atoms with E-state index >= 15 is 0 Å². The number of piperazine rings is 1. The van der Waals surface area contributed by atoms with E-state index in [1.165, 1.54) is 25.7 Å². The number of amides is 1. The third kappa shape index (κ3) is 4.43. The highest BCUT2D eigenvalue weighted by Gasteiger charge is 2.58. The lowest BCUT2D eigenvalue weighted by molar-refractivity contribution is -0.0708. The second kappa shape index (κ2) is 10.1. The number of carboxylic acid groups (broad SMARTS) is 1. The molecule has 7 atom stereocenters. The van der Waals surface area contributed by atoms with E-state index in [2.05, 4.69) is 30.1 Å². The minimum Gasteiger partial charge on any atom is -0.465 e. The van der Waals surface area contributed by atoms with Crippen LogP contribution < -0.4 is 10.9 Å². The average molecular weight is 524 g/mol. The molecule has 208 valence electrons. The zero-order chi connectivity index (χ0) is 26.5. The lowest BCUT2D eigenvalue weighted by Gasteiger charge is -2.60. The maximum Gasteiger partial charge on any atom is 0.407 e. The van der Waals surface area contributed by atoms with E-state index in [1.807, 2.05) is 6.07 Å². The van der Waals surface area contributed by atoms with Gasteiger partial charge in [-0.3, -0.25) is 4.90 Å². The van der Waals surface area contributed by atoms with Gasteiger partial charge in [0, 0.05) is 51.4 Å². The van der Waals surface area contributed by atoms with Crippen molar-refractivity contribution in [3.05, 3.63) is 46.0 Å². The van der Waals surface area contributed by atoms with Crippen LogP contribution >= 0.6 is 0 Å². The third-order valence-corrected chi connectivity index (χ3v) is 11.7. The van der Waals surface area contributed by atoms with Gasteiger partial charge in [0.1, 0.15) is 0 Å². The predicted molar refractivity (Wildman–Crippen MR) is 147 cm³/mol. The van der Waals surface area contributed by atoms with Gasteiger partial charge in [-0.15, -0.1) is 0 Å². The Morgan fingerprint density at radius 3 is 2.71 bits per heavy atom. The van der Waals surface area contributed by atoms with E-state index in [1.54, 1.807) is 22.8 Å². The largest absolute Gasteiger partial charge is 0.465 e. The summed E-state index contributed by atoms with van der Waals surface area (Å²) in [7, 11) is 0. The Bertz CT molecular complexity index is 1110. The van der Waals surface area contributed by atoms with Crippen LogP contribution in [0.4, 0.5) is 4.79 Å². The van der Waals surface area contributed by atoms with E-state index in [9.17, 15) is 14.7 Å². The molecule has 0 bridgehead atoms. The molecular formula is C31H45N3O4. The molecule has 1 amide bonds. The van der Waals surface area contributed by atoms with Gasteiger partial charge in [0.2, 0.25) is 0 Å². The first-order valence-electron chi connectivity index (χ1n) is 15.0. The van der Waals surface area contributed by atoms with Crippen LogP contribution in [0.2, 0.25) is 0 Å². The fraction of sp³-hybridized carbons (Fsp3) is 0.742. The normalized spacial score (nSPS) is 39.0. The van der Waals surface area contributed by atoms with Gasteiger partial charge in [0.15, 0.2) is 0 Å². The molecule has 4 aliphatic carbocycles. The number of carbonyl (C=O) groups is 1. The van der Waals surface area contributed by atoms with E-state index in [0.717, 1.165) is 64.0 Å².